The molecule has 0 spiro atoms. The highest BCUT2D eigenvalue weighted by atomic mass is 32.1. The second-order valence-electron chi connectivity index (χ2n) is 7.54. The zero-order chi connectivity index (χ0) is 17.3. The molecule has 1 atom stereocenters. The van der Waals surface area contributed by atoms with Gasteiger partial charge in [-0.2, -0.15) is 0 Å². The highest BCUT2D eigenvalue weighted by molar-refractivity contribution is 7.11. The second kappa shape index (κ2) is 6.77. The topological polar surface area (TPSA) is 63.2 Å². The van der Waals surface area contributed by atoms with Crippen molar-refractivity contribution >= 4 is 17.4 Å². The number of carbonyl (C=O) groups is 1. The van der Waals surface area contributed by atoms with Crippen molar-refractivity contribution in [2.75, 3.05) is 6.54 Å². The van der Waals surface area contributed by atoms with Crippen LogP contribution in [0, 0.1) is 13.8 Å². The van der Waals surface area contributed by atoms with Crippen LogP contribution in [0.2, 0.25) is 0 Å². The van der Waals surface area contributed by atoms with Crippen LogP contribution in [0.1, 0.15) is 68.6 Å². The molecule has 1 fully saturated rings. The van der Waals surface area contributed by atoms with Gasteiger partial charge >= 0.3 is 6.09 Å². The molecule has 130 valence electrons. The van der Waals surface area contributed by atoms with Crippen LogP contribution >= 0.6 is 11.3 Å². The van der Waals surface area contributed by atoms with Crippen LogP contribution in [0.25, 0.3) is 0 Å². The van der Waals surface area contributed by atoms with Crippen molar-refractivity contribution < 1.29 is 9.53 Å². The smallest absolute Gasteiger partial charge is 0.408 e. The average Bonchev–Trinajstić information content (AvgIpc) is 2.69. The van der Waals surface area contributed by atoms with Crippen LogP contribution < -0.4 is 10.6 Å². The molecule has 0 radical (unpaired) electrons. The Labute approximate surface area is 143 Å². The number of hydrogen-bond acceptors (Lipinski definition) is 5. The Kier molecular flexibility index (Phi) is 5.36. The molecular weight excluding hydrogens is 310 g/mol. The normalized spacial score (nSPS) is 18.2. The first kappa shape index (κ1) is 18.2. The molecule has 5 nitrogen and oxygen atoms in total. The largest absolute Gasteiger partial charge is 0.444 e. The van der Waals surface area contributed by atoms with Crippen LogP contribution in [0.15, 0.2) is 0 Å². The second-order valence-corrected chi connectivity index (χ2v) is 8.94. The third-order valence-electron chi connectivity index (χ3n) is 4.17. The number of aromatic nitrogens is 1. The van der Waals surface area contributed by atoms with E-state index in [1.807, 2.05) is 27.7 Å². The third kappa shape index (κ3) is 4.91. The molecule has 23 heavy (non-hydrogen) atoms. The van der Waals surface area contributed by atoms with Crippen LogP contribution in [-0.4, -0.2) is 28.8 Å². The fourth-order valence-electron chi connectivity index (χ4n) is 2.86. The number of nitrogens with zero attached hydrogens (tertiary/aromatic N) is 1. The lowest BCUT2D eigenvalue weighted by molar-refractivity contribution is 0.0379. The van der Waals surface area contributed by atoms with Crippen LogP contribution in [-0.2, 0) is 4.74 Å². The Balaban J connectivity index is 1.91. The monoisotopic (exact) mass is 339 g/mol. The summed E-state index contributed by atoms with van der Waals surface area (Å²) in [5.41, 5.74) is 0.458. The van der Waals surface area contributed by atoms with Gasteiger partial charge in [-0.15, -0.1) is 11.3 Å². The molecule has 0 aromatic carbocycles. The molecule has 1 amide bonds. The zero-order valence-corrected chi connectivity index (χ0v) is 15.9. The molecule has 1 aliphatic rings. The Morgan fingerprint density at radius 2 is 2.04 bits per heavy atom. The average molecular weight is 340 g/mol. The summed E-state index contributed by atoms with van der Waals surface area (Å²) in [6.45, 7) is 12.7. The Morgan fingerprint density at radius 1 is 1.39 bits per heavy atom. The maximum Gasteiger partial charge on any atom is 0.408 e. The minimum Gasteiger partial charge on any atom is -0.444 e. The molecule has 0 bridgehead atoms. The fraction of sp³-hybridized carbons (Fsp3) is 0.765. The summed E-state index contributed by atoms with van der Waals surface area (Å²) in [6, 6.07) is 0.179. The van der Waals surface area contributed by atoms with E-state index >= 15 is 0 Å². The summed E-state index contributed by atoms with van der Waals surface area (Å²) in [4.78, 5) is 17.9. The maximum absolute atomic E-state index is 12.1. The number of rotatable bonds is 5. The lowest BCUT2D eigenvalue weighted by Gasteiger charge is -2.43. The summed E-state index contributed by atoms with van der Waals surface area (Å²) >= 11 is 1.73. The van der Waals surface area contributed by atoms with Crippen LogP contribution in [0.3, 0.4) is 0 Å². The fourth-order valence-corrected chi connectivity index (χ4v) is 3.78. The van der Waals surface area contributed by atoms with Gasteiger partial charge < -0.3 is 15.4 Å². The van der Waals surface area contributed by atoms with Gasteiger partial charge in [0.15, 0.2) is 0 Å². The Hall–Kier alpha value is -1.14. The summed E-state index contributed by atoms with van der Waals surface area (Å²) in [5, 5.41) is 7.70. The quantitative estimate of drug-likeness (QED) is 0.855. The van der Waals surface area contributed by atoms with Gasteiger partial charge in [-0.05, 0) is 60.8 Å². The molecule has 0 aliphatic heterocycles. The van der Waals surface area contributed by atoms with Crippen molar-refractivity contribution in [2.24, 2.45) is 0 Å². The molecule has 6 heteroatoms. The third-order valence-corrected chi connectivity index (χ3v) is 5.07. The van der Waals surface area contributed by atoms with Crippen molar-refractivity contribution in [3.05, 3.63) is 15.6 Å². The molecule has 1 aromatic heterocycles. The number of amides is 1. The highest BCUT2D eigenvalue weighted by Gasteiger charge is 2.39. The van der Waals surface area contributed by atoms with Gasteiger partial charge in [-0.1, -0.05) is 0 Å². The van der Waals surface area contributed by atoms with Crippen LogP contribution in [0.5, 0.6) is 0 Å². The predicted octanol–water partition coefficient (Wildman–Crippen LogP) is 3.86. The molecular formula is C17H29N3O2S. The minimum atomic E-state index is -0.467. The Bertz CT molecular complexity index is 559. The predicted molar refractivity (Wildman–Crippen MR) is 94.0 cm³/mol. The number of aryl methyl sites for hydroxylation is 2. The summed E-state index contributed by atoms with van der Waals surface area (Å²) in [5.74, 6) is 0. The van der Waals surface area contributed by atoms with Crippen molar-refractivity contribution in [1.29, 1.82) is 0 Å². The first-order chi connectivity index (χ1) is 10.6. The standard InChI is InChI=1S/C17H29N3O2S/c1-11(14-12(2)23-13(3)19-14)18-10-17(8-7-9-17)20-15(21)22-16(4,5)6/h11,18H,7-10H2,1-6H3,(H,20,21). The van der Waals surface area contributed by atoms with E-state index in [0.29, 0.717) is 0 Å². The SMILES string of the molecule is Cc1nc(C(C)NCC2(NC(=O)OC(C)(C)C)CCC2)c(C)s1. The number of carbonyl (C=O) groups excluding carboxylic acids is 1. The van der Waals surface area contributed by atoms with Gasteiger partial charge in [0.1, 0.15) is 5.60 Å². The van der Waals surface area contributed by atoms with Crippen LogP contribution in [0.4, 0.5) is 4.79 Å². The van der Waals surface area contributed by atoms with Gasteiger partial charge in [0.25, 0.3) is 0 Å². The molecule has 1 heterocycles. The first-order valence-electron chi connectivity index (χ1n) is 8.29. The summed E-state index contributed by atoms with van der Waals surface area (Å²) in [7, 11) is 0. The Morgan fingerprint density at radius 3 is 2.48 bits per heavy atom. The van der Waals surface area contributed by atoms with Crippen molar-refractivity contribution in [1.82, 2.24) is 15.6 Å². The van der Waals surface area contributed by atoms with Crippen molar-refractivity contribution in [3.8, 4) is 0 Å². The summed E-state index contributed by atoms with van der Waals surface area (Å²) < 4.78 is 5.39. The van der Waals surface area contributed by atoms with E-state index in [1.165, 1.54) is 4.88 Å². The number of ether oxygens (including phenoxy) is 1. The molecule has 1 aliphatic carbocycles. The van der Waals surface area contributed by atoms with E-state index in [4.69, 9.17) is 4.74 Å². The van der Waals surface area contributed by atoms with Gasteiger partial charge in [0.05, 0.1) is 16.2 Å². The van der Waals surface area contributed by atoms with Gasteiger partial charge in [-0.25, -0.2) is 9.78 Å². The minimum absolute atomic E-state index is 0.179. The van der Waals surface area contributed by atoms with E-state index in [2.05, 4.69) is 29.5 Å². The van der Waals surface area contributed by atoms with Gasteiger partial charge in [-0.3, -0.25) is 0 Å². The molecule has 1 aromatic rings. The first-order valence-corrected chi connectivity index (χ1v) is 9.10. The number of thiazole rings is 1. The molecule has 1 saturated carbocycles. The molecule has 0 saturated heterocycles. The molecule has 1 unspecified atom stereocenters. The lowest BCUT2D eigenvalue weighted by atomic mass is 9.76. The van der Waals surface area contributed by atoms with E-state index in [9.17, 15) is 4.79 Å². The number of hydrogen-bond donors (Lipinski definition) is 2. The number of nitrogens with one attached hydrogen (secondary N) is 2. The van der Waals surface area contributed by atoms with E-state index in [0.717, 1.165) is 36.5 Å². The van der Waals surface area contributed by atoms with Gasteiger partial charge in [0.2, 0.25) is 0 Å². The lowest BCUT2D eigenvalue weighted by Crippen LogP contribution is -2.60. The molecule has 2 rings (SSSR count). The van der Waals surface area contributed by atoms with E-state index in [-0.39, 0.29) is 17.7 Å². The number of alkyl carbamates (subject to hydrolysis) is 1. The molecule has 2 N–H and O–H groups in total. The van der Waals surface area contributed by atoms with Crippen molar-refractivity contribution in [2.45, 2.75) is 78.0 Å². The summed E-state index contributed by atoms with van der Waals surface area (Å²) in [6.07, 6.45) is 2.79. The van der Waals surface area contributed by atoms with Crippen molar-refractivity contribution in [3.63, 3.8) is 0 Å². The maximum atomic E-state index is 12.1. The van der Waals surface area contributed by atoms with E-state index < -0.39 is 5.60 Å². The van der Waals surface area contributed by atoms with E-state index in [1.54, 1.807) is 11.3 Å². The van der Waals surface area contributed by atoms with Gasteiger partial charge in [0, 0.05) is 17.5 Å². The highest BCUT2D eigenvalue weighted by Crippen LogP contribution is 2.32. The zero-order valence-electron chi connectivity index (χ0n) is 15.1.